The summed E-state index contributed by atoms with van der Waals surface area (Å²) in [6.07, 6.45) is 0. The molecule has 0 N–H and O–H groups in total. The summed E-state index contributed by atoms with van der Waals surface area (Å²) in [5.74, 6) is 0.676. The lowest BCUT2D eigenvalue weighted by Crippen LogP contribution is -2.21. The van der Waals surface area contributed by atoms with Crippen LogP contribution in [0.15, 0.2) is 24.3 Å². The van der Waals surface area contributed by atoms with E-state index < -0.39 is 6.00 Å². The minimum absolute atomic E-state index is 0.0100. The van der Waals surface area contributed by atoms with E-state index in [0.29, 0.717) is 5.75 Å². The molecule has 0 nitrogen and oxygen atoms in total. The molecule has 1 aromatic rings. The van der Waals surface area contributed by atoms with Crippen LogP contribution in [0.3, 0.4) is 0 Å². The van der Waals surface area contributed by atoms with Crippen molar-refractivity contribution in [2.24, 2.45) is 0 Å². The first-order valence-corrected chi connectivity index (χ1v) is 9.96. The second kappa shape index (κ2) is 5.13. The molecular weight excluding hydrogens is 275 g/mol. The van der Waals surface area contributed by atoms with E-state index in [-0.39, 0.29) is 5.54 Å². The second-order valence-electron chi connectivity index (χ2n) is 3.12. The largest absolute Gasteiger partial charge is 0.348 e. The SMILES string of the molecule is CC(c1ccccc1CS)[Si](Cl)(Cl)Cl. The van der Waals surface area contributed by atoms with Crippen molar-refractivity contribution in [1.29, 1.82) is 0 Å². The Kier molecular flexibility index (Phi) is 4.66. The highest BCUT2D eigenvalue weighted by atomic mass is 35.8. The summed E-state index contributed by atoms with van der Waals surface area (Å²) in [7, 11) is 0. The average molecular weight is 286 g/mol. The fourth-order valence-corrected chi connectivity index (χ4v) is 3.26. The first kappa shape index (κ1) is 12.7. The molecule has 1 aromatic carbocycles. The lowest BCUT2D eigenvalue weighted by Gasteiger charge is -2.20. The van der Waals surface area contributed by atoms with E-state index in [2.05, 4.69) is 12.6 Å². The molecule has 0 heterocycles. The van der Waals surface area contributed by atoms with Crippen LogP contribution < -0.4 is 0 Å². The van der Waals surface area contributed by atoms with Crippen molar-refractivity contribution in [2.45, 2.75) is 18.2 Å². The van der Waals surface area contributed by atoms with Gasteiger partial charge in [-0.1, -0.05) is 31.2 Å². The summed E-state index contributed by atoms with van der Waals surface area (Å²) >= 11 is 22.2. The third-order valence-corrected chi connectivity index (χ3v) is 6.76. The average Bonchev–Trinajstić information content (AvgIpc) is 2.15. The van der Waals surface area contributed by atoms with Crippen molar-refractivity contribution in [3.63, 3.8) is 0 Å². The highest BCUT2D eigenvalue weighted by molar-refractivity contribution is 7.79. The molecule has 0 fully saturated rings. The Hall–Kier alpha value is 0.657. The third kappa shape index (κ3) is 3.07. The molecule has 1 rings (SSSR count). The van der Waals surface area contributed by atoms with Crippen LogP contribution in [0.5, 0.6) is 0 Å². The van der Waals surface area contributed by atoms with Gasteiger partial charge < -0.3 is 0 Å². The van der Waals surface area contributed by atoms with Gasteiger partial charge in [0.25, 0.3) is 0 Å². The van der Waals surface area contributed by atoms with Gasteiger partial charge in [0.05, 0.1) is 0 Å². The Morgan fingerprint density at radius 3 is 2.36 bits per heavy atom. The molecule has 0 aromatic heterocycles. The van der Waals surface area contributed by atoms with E-state index >= 15 is 0 Å². The van der Waals surface area contributed by atoms with Crippen LogP contribution in [0, 0.1) is 0 Å². The van der Waals surface area contributed by atoms with Gasteiger partial charge in [-0.3, -0.25) is 0 Å². The van der Waals surface area contributed by atoms with Gasteiger partial charge in [0, 0.05) is 11.3 Å². The quantitative estimate of drug-likeness (QED) is 0.474. The number of benzene rings is 1. The Morgan fingerprint density at radius 2 is 1.86 bits per heavy atom. The maximum absolute atomic E-state index is 5.99. The molecule has 78 valence electrons. The van der Waals surface area contributed by atoms with Crippen molar-refractivity contribution in [1.82, 2.24) is 0 Å². The molecule has 0 bridgehead atoms. The molecule has 0 spiro atoms. The maximum atomic E-state index is 5.99. The summed E-state index contributed by atoms with van der Waals surface area (Å²) in [4.78, 5) is 0. The van der Waals surface area contributed by atoms with Crippen molar-refractivity contribution in [3.05, 3.63) is 35.4 Å². The predicted molar refractivity (Wildman–Crippen MR) is 70.9 cm³/mol. The van der Waals surface area contributed by atoms with Gasteiger partial charge in [-0.15, -0.1) is 33.2 Å². The Balaban J connectivity index is 3.06. The molecule has 5 heteroatoms. The first-order chi connectivity index (χ1) is 6.46. The number of hydrogen-bond acceptors (Lipinski definition) is 1. The molecule has 1 atom stereocenters. The number of thiol groups is 1. The fraction of sp³-hybridized carbons (Fsp3) is 0.333. The Morgan fingerprint density at radius 1 is 1.29 bits per heavy atom. The molecular formula is C9H11Cl3SSi. The Bertz CT molecular complexity index is 311. The molecule has 0 saturated heterocycles. The van der Waals surface area contributed by atoms with Crippen LogP contribution in [0.1, 0.15) is 23.6 Å². The lowest BCUT2D eigenvalue weighted by molar-refractivity contribution is 1.04. The highest BCUT2D eigenvalue weighted by Gasteiger charge is 2.35. The van der Waals surface area contributed by atoms with Gasteiger partial charge >= 0.3 is 6.00 Å². The smallest absolute Gasteiger partial charge is 0.175 e. The summed E-state index contributed by atoms with van der Waals surface area (Å²) in [6, 6.07) is 5.29. The van der Waals surface area contributed by atoms with Crippen molar-refractivity contribution in [2.75, 3.05) is 0 Å². The lowest BCUT2D eigenvalue weighted by atomic mass is 10.1. The zero-order valence-electron chi connectivity index (χ0n) is 7.67. The van der Waals surface area contributed by atoms with Crippen LogP contribution in [-0.2, 0) is 5.75 Å². The monoisotopic (exact) mass is 284 g/mol. The van der Waals surface area contributed by atoms with Gasteiger partial charge in [0.15, 0.2) is 0 Å². The van der Waals surface area contributed by atoms with E-state index in [9.17, 15) is 0 Å². The van der Waals surface area contributed by atoms with Gasteiger partial charge in [-0.2, -0.15) is 12.6 Å². The topological polar surface area (TPSA) is 0 Å². The second-order valence-corrected chi connectivity index (χ2v) is 12.5. The molecule has 0 saturated carbocycles. The zero-order valence-corrected chi connectivity index (χ0v) is 11.8. The molecule has 1 unspecified atom stereocenters. The summed E-state index contributed by atoms with van der Waals surface area (Å²) in [5.41, 5.74) is 2.26. The first-order valence-electron chi connectivity index (χ1n) is 4.22. The van der Waals surface area contributed by atoms with E-state index in [1.54, 1.807) is 0 Å². The minimum Gasteiger partial charge on any atom is -0.175 e. The minimum atomic E-state index is -2.67. The van der Waals surface area contributed by atoms with Crippen molar-refractivity contribution < 1.29 is 0 Å². The van der Waals surface area contributed by atoms with Gasteiger partial charge in [0.2, 0.25) is 0 Å². The van der Waals surface area contributed by atoms with Gasteiger partial charge in [0.1, 0.15) is 0 Å². The maximum Gasteiger partial charge on any atom is 0.348 e. The van der Waals surface area contributed by atoms with Crippen LogP contribution in [-0.4, -0.2) is 6.00 Å². The number of halogens is 3. The zero-order chi connectivity index (χ0) is 10.8. The predicted octanol–water partition coefficient (Wildman–Crippen LogP) is 4.41. The number of hydrogen-bond donors (Lipinski definition) is 1. The van der Waals surface area contributed by atoms with Crippen molar-refractivity contribution in [3.8, 4) is 0 Å². The molecule has 0 aliphatic carbocycles. The van der Waals surface area contributed by atoms with Gasteiger partial charge in [-0.25, -0.2) is 0 Å². The molecule has 0 amide bonds. The van der Waals surface area contributed by atoms with Crippen LogP contribution in [0.2, 0.25) is 0 Å². The number of rotatable bonds is 3. The summed E-state index contributed by atoms with van der Waals surface area (Å²) in [6.45, 7) is 1.96. The van der Waals surface area contributed by atoms with E-state index in [0.717, 1.165) is 11.1 Å². The fourth-order valence-electron chi connectivity index (χ4n) is 1.28. The van der Waals surface area contributed by atoms with E-state index in [4.69, 9.17) is 33.2 Å². The standard InChI is InChI=1S/C9H11Cl3SSi/c1-7(14(10,11)12)9-5-3-2-4-8(9)6-13/h2-5,7,13H,6H2,1H3. The van der Waals surface area contributed by atoms with Gasteiger partial charge in [-0.05, 0) is 11.1 Å². The van der Waals surface area contributed by atoms with Crippen LogP contribution >= 0.6 is 45.9 Å². The molecule has 0 aliphatic heterocycles. The van der Waals surface area contributed by atoms with Crippen LogP contribution in [0.4, 0.5) is 0 Å². The normalized spacial score (nSPS) is 14.1. The van der Waals surface area contributed by atoms with E-state index in [1.807, 2.05) is 31.2 Å². The van der Waals surface area contributed by atoms with E-state index in [1.165, 1.54) is 0 Å². The molecule has 0 radical (unpaired) electrons. The molecule has 14 heavy (non-hydrogen) atoms. The van der Waals surface area contributed by atoms with Crippen molar-refractivity contribution >= 4 is 51.9 Å². The Labute approximate surface area is 105 Å². The summed E-state index contributed by atoms with van der Waals surface area (Å²) < 4.78 is 0. The molecule has 0 aliphatic rings. The van der Waals surface area contributed by atoms with Crippen LogP contribution in [0.25, 0.3) is 0 Å². The summed E-state index contributed by atoms with van der Waals surface area (Å²) in [5, 5.41) is 0. The third-order valence-electron chi connectivity index (χ3n) is 2.18. The highest BCUT2D eigenvalue weighted by Crippen LogP contribution is 2.37.